The summed E-state index contributed by atoms with van der Waals surface area (Å²) in [6.07, 6.45) is 0. The van der Waals surface area contributed by atoms with Crippen LogP contribution in [0.4, 0.5) is 0 Å². The summed E-state index contributed by atoms with van der Waals surface area (Å²) in [5.41, 5.74) is 2.51. The molecule has 4 nitrogen and oxygen atoms in total. The third kappa shape index (κ3) is 2.07. The standard InChI is InChI=1S/C21H16O4/c1-11-9-12-7-8-14-19(17(12)16(10-11)25-3)21(23)13-5-4-6-15(24-2)18(13)20(14)22/h4-10H,1-3H3. The minimum atomic E-state index is -0.202. The summed E-state index contributed by atoms with van der Waals surface area (Å²) in [4.78, 5) is 26.3. The molecule has 0 radical (unpaired) electrons. The second-order valence-corrected chi connectivity index (χ2v) is 6.09. The first kappa shape index (κ1) is 15.4. The smallest absolute Gasteiger partial charge is 0.198 e. The maximum absolute atomic E-state index is 13.2. The highest BCUT2D eigenvalue weighted by Gasteiger charge is 2.34. The van der Waals surface area contributed by atoms with Gasteiger partial charge in [0.15, 0.2) is 11.6 Å². The van der Waals surface area contributed by atoms with E-state index in [0.717, 1.165) is 10.9 Å². The second-order valence-electron chi connectivity index (χ2n) is 6.09. The number of rotatable bonds is 2. The number of aryl methyl sites for hydroxylation is 1. The number of fused-ring (bicyclic) bond motifs is 4. The average Bonchev–Trinajstić information content (AvgIpc) is 2.63. The van der Waals surface area contributed by atoms with E-state index in [0.29, 0.717) is 39.1 Å². The minimum Gasteiger partial charge on any atom is -0.496 e. The van der Waals surface area contributed by atoms with Crippen molar-refractivity contribution in [3.8, 4) is 11.5 Å². The molecule has 0 atom stereocenters. The van der Waals surface area contributed by atoms with Crippen molar-refractivity contribution in [3.63, 3.8) is 0 Å². The van der Waals surface area contributed by atoms with E-state index in [1.54, 1.807) is 31.4 Å². The Bertz CT molecular complexity index is 1060. The summed E-state index contributed by atoms with van der Waals surface area (Å²) in [7, 11) is 3.06. The zero-order valence-corrected chi connectivity index (χ0v) is 14.2. The minimum absolute atomic E-state index is 0.184. The molecule has 4 heteroatoms. The fourth-order valence-electron chi connectivity index (χ4n) is 3.55. The summed E-state index contributed by atoms with van der Waals surface area (Å²) in [6.45, 7) is 1.97. The molecule has 0 aromatic heterocycles. The van der Waals surface area contributed by atoms with E-state index >= 15 is 0 Å². The van der Waals surface area contributed by atoms with Crippen molar-refractivity contribution in [1.82, 2.24) is 0 Å². The quantitative estimate of drug-likeness (QED) is 0.558. The molecule has 1 aliphatic rings. The lowest BCUT2D eigenvalue weighted by atomic mass is 9.81. The van der Waals surface area contributed by atoms with Crippen LogP contribution < -0.4 is 9.47 Å². The van der Waals surface area contributed by atoms with Gasteiger partial charge in [-0.15, -0.1) is 0 Å². The lowest BCUT2D eigenvalue weighted by Gasteiger charge is -2.22. The predicted octanol–water partition coefficient (Wildman–Crippen LogP) is 3.94. The highest BCUT2D eigenvalue weighted by Crippen LogP contribution is 2.39. The first-order valence-corrected chi connectivity index (χ1v) is 7.94. The number of hydrogen-bond donors (Lipinski definition) is 0. The maximum atomic E-state index is 13.2. The Morgan fingerprint density at radius 2 is 1.44 bits per heavy atom. The van der Waals surface area contributed by atoms with E-state index < -0.39 is 0 Å². The number of ketones is 2. The van der Waals surface area contributed by atoms with Gasteiger partial charge in [0.2, 0.25) is 0 Å². The van der Waals surface area contributed by atoms with Crippen LogP contribution in [0.25, 0.3) is 10.8 Å². The van der Waals surface area contributed by atoms with Crippen LogP contribution >= 0.6 is 0 Å². The topological polar surface area (TPSA) is 52.6 Å². The molecule has 0 N–H and O–H groups in total. The first-order valence-electron chi connectivity index (χ1n) is 7.94. The van der Waals surface area contributed by atoms with Crippen molar-refractivity contribution in [2.24, 2.45) is 0 Å². The van der Waals surface area contributed by atoms with Crippen LogP contribution in [0.15, 0.2) is 42.5 Å². The molecule has 0 bridgehead atoms. The molecule has 3 aromatic carbocycles. The van der Waals surface area contributed by atoms with E-state index in [2.05, 4.69) is 0 Å². The van der Waals surface area contributed by atoms with Gasteiger partial charge in [-0.1, -0.05) is 24.3 Å². The number of methoxy groups -OCH3 is 2. The highest BCUT2D eigenvalue weighted by atomic mass is 16.5. The molecule has 1 aliphatic carbocycles. The van der Waals surface area contributed by atoms with Crippen molar-refractivity contribution < 1.29 is 19.1 Å². The SMILES string of the molecule is COc1cccc2c1C(=O)c1ccc3cc(C)cc(OC)c3c1C2=O. The van der Waals surface area contributed by atoms with Crippen LogP contribution in [-0.4, -0.2) is 25.8 Å². The average molecular weight is 332 g/mol. The number of carbonyl (C=O) groups excluding carboxylic acids is 2. The second kappa shape index (κ2) is 5.45. The van der Waals surface area contributed by atoms with E-state index in [4.69, 9.17) is 9.47 Å². The first-order chi connectivity index (χ1) is 12.1. The van der Waals surface area contributed by atoms with Gasteiger partial charge in [0.05, 0.1) is 19.8 Å². The zero-order chi connectivity index (χ0) is 17.7. The highest BCUT2D eigenvalue weighted by molar-refractivity contribution is 6.33. The molecule has 124 valence electrons. The van der Waals surface area contributed by atoms with Gasteiger partial charge in [-0.25, -0.2) is 0 Å². The van der Waals surface area contributed by atoms with Crippen LogP contribution in [0, 0.1) is 6.92 Å². The van der Waals surface area contributed by atoms with Gasteiger partial charge in [-0.3, -0.25) is 9.59 Å². The number of carbonyl (C=O) groups is 2. The van der Waals surface area contributed by atoms with E-state index in [1.165, 1.54) is 7.11 Å². The fraction of sp³-hybridized carbons (Fsp3) is 0.143. The van der Waals surface area contributed by atoms with Gasteiger partial charge in [0.25, 0.3) is 0 Å². The van der Waals surface area contributed by atoms with Crippen molar-refractivity contribution in [2.75, 3.05) is 14.2 Å². The largest absolute Gasteiger partial charge is 0.496 e. The number of benzene rings is 3. The van der Waals surface area contributed by atoms with E-state index in [-0.39, 0.29) is 11.6 Å². The lowest BCUT2D eigenvalue weighted by molar-refractivity contribution is 0.0977. The summed E-state index contributed by atoms with van der Waals surface area (Å²) in [6, 6.07) is 12.5. The Balaban J connectivity index is 2.12. The molecular weight excluding hydrogens is 316 g/mol. The Hall–Kier alpha value is -3.14. The molecule has 4 rings (SSSR count). The van der Waals surface area contributed by atoms with Crippen LogP contribution in [0.1, 0.15) is 37.4 Å². The van der Waals surface area contributed by atoms with Gasteiger partial charge in [-0.2, -0.15) is 0 Å². The zero-order valence-electron chi connectivity index (χ0n) is 14.2. The van der Waals surface area contributed by atoms with Crippen molar-refractivity contribution in [3.05, 3.63) is 70.3 Å². The molecule has 0 saturated heterocycles. The third-order valence-corrected chi connectivity index (χ3v) is 4.64. The Morgan fingerprint density at radius 1 is 0.760 bits per heavy atom. The molecule has 25 heavy (non-hydrogen) atoms. The fourth-order valence-corrected chi connectivity index (χ4v) is 3.55. The molecule has 0 aliphatic heterocycles. The van der Waals surface area contributed by atoms with Crippen molar-refractivity contribution >= 4 is 22.3 Å². The molecule has 0 unspecified atom stereocenters. The van der Waals surface area contributed by atoms with E-state index in [9.17, 15) is 9.59 Å². The lowest BCUT2D eigenvalue weighted by Crippen LogP contribution is -2.22. The Labute approximate surface area is 145 Å². The summed E-state index contributed by atoms with van der Waals surface area (Å²) < 4.78 is 10.8. The van der Waals surface area contributed by atoms with Crippen LogP contribution in [0.2, 0.25) is 0 Å². The molecule has 0 spiro atoms. The van der Waals surface area contributed by atoms with Crippen molar-refractivity contribution in [2.45, 2.75) is 6.92 Å². The summed E-state index contributed by atoms with van der Waals surface area (Å²) in [5.74, 6) is 0.625. The van der Waals surface area contributed by atoms with Gasteiger partial charge in [-0.05, 0) is 36.1 Å². The molecular formula is C21H16O4. The third-order valence-electron chi connectivity index (χ3n) is 4.64. The van der Waals surface area contributed by atoms with E-state index in [1.807, 2.05) is 25.1 Å². The molecule has 0 saturated carbocycles. The van der Waals surface area contributed by atoms with Crippen molar-refractivity contribution in [1.29, 1.82) is 0 Å². The maximum Gasteiger partial charge on any atom is 0.198 e. The molecule has 0 amide bonds. The van der Waals surface area contributed by atoms with Gasteiger partial charge >= 0.3 is 0 Å². The Morgan fingerprint density at radius 3 is 2.16 bits per heavy atom. The molecule has 0 fully saturated rings. The Kier molecular flexibility index (Phi) is 3.35. The molecule has 0 heterocycles. The summed E-state index contributed by atoms with van der Waals surface area (Å²) in [5, 5.41) is 1.56. The van der Waals surface area contributed by atoms with Crippen LogP contribution in [-0.2, 0) is 0 Å². The normalized spacial score (nSPS) is 12.8. The monoisotopic (exact) mass is 332 g/mol. The summed E-state index contributed by atoms with van der Waals surface area (Å²) >= 11 is 0. The van der Waals surface area contributed by atoms with Gasteiger partial charge < -0.3 is 9.47 Å². The van der Waals surface area contributed by atoms with Gasteiger partial charge in [0, 0.05) is 22.1 Å². The molecule has 3 aromatic rings. The predicted molar refractivity (Wildman–Crippen MR) is 95.1 cm³/mol. The van der Waals surface area contributed by atoms with Crippen LogP contribution in [0.5, 0.6) is 11.5 Å². The van der Waals surface area contributed by atoms with Crippen LogP contribution in [0.3, 0.4) is 0 Å². The van der Waals surface area contributed by atoms with Gasteiger partial charge in [0.1, 0.15) is 11.5 Å². The number of ether oxygens (including phenoxy) is 2. The number of hydrogen-bond acceptors (Lipinski definition) is 4.